The average Bonchev–Trinajstić information content (AvgIpc) is 3.15. The van der Waals surface area contributed by atoms with Gasteiger partial charge in [-0.05, 0) is 31.1 Å². The second-order valence-electron chi connectivity index (χ2n) is 5.22. The van der Waals surface area contributed by atoms with E-state index < -0.39 is 0 Å². The summed E-state index contributed by atoms with van der Waals surface area (Å²) in [7, 11) is 1.70. The monoisotopic (exact) mass is 241 g/mol. The molecule has 0 saturated heterocycles. The van der Waals surface area contributed by atoms with Crippen LogP contribution in [0.3, 0.4) is 0 Å². The molecule has 0 aromatic rings. The highest BCUT2D eigenvalue weighted by Crippen LogP contribution is 2.26. The molecule has 3 nitrogen and oxygen atoms in total. The first-order valence-electron chi connectivity index (χ1n) is 6.64. The minimum Gasteiger partial charge on any atom is -0.382 e. The lowest BCUT2D eigenvalue weighted by Crippen LogP contribution is -2.31. The lowest BCUT2D eigenvalue weighted by molar-refractivity contribution is 0.0658. The van der Waals surface area contributed by atoms with Crippen LogP contribution >= 0.6 is 0 Å². The summed E-state index contributed by atoms with van der Waals surface area (Å²) in [6, 6.07) is 0.771. The van der Waals surface area contributed by atoms with Crippen LogP contribution in [0.1, 0.15) is 32.6 Å². The molecule has 17 heavy (non-hydrogen) atoms. The molecular weight excluding hydrogens is 214 g/mol. The van der Waals surface area contributed by atoms with Crippen molar-refractivity contribution in [2.45, 2.75) is 38.6 Å². The van der Waals surface area contributed by atoms with Crippen molar-refractivity contribution in [2.24, 2.45) is 5.41 Å². The van der Waals surface area contributed by atoms with Gasteiger partial charge in [-0.3, -0.25) is 0 Å². The zero-order valence-corrected chi connectivity index (χ0v) is 11.3. The van der Waals surface area contributed by atoms with Crippen LogP contribution in [0.2, 0.25) is 0 Å². The lowest BCUT2D eigenvalue weighted by atomic mass is 9.85. The minimum atomic E-state index is 0.202. The van der Waals surface area contributed by atoms with Crippen LogP contribution in [0.5, 0.6) is 0 Å². The third-order valence-corrected chi connectivity index (χ3v) is 3.33. The summed E-state index contributed by atoms with van der Waals surface area (Å²) in [4.78, 5) is 0. The Morgan fingerprint density at radius 3 is 2.71 bits per heavy atom. The summed E-state index contributed by atoms with van der Waals surface area (Å²) in [5, 5.41) is 3.58. The summed E-state index contributed by atoms with van der Waals surface area (Å²) >= 11 is 0. The number of rotatable bonds is 11. The Morgan fingerprint density at radius 2 is 2.12 bits per heavy atom. The van der Waals surface area contributed by atoms with Crippen molar-refractivity contribution in [1.82, 2.24) is 5.32 Å². The van der Waals surface area contributed by atoms with Gasteiger partial charge in [-0.25, -0.2) is 0 Å². The van der Waals surface area contributed by atoms with Crippen LogP contribution in [0, 0.1) is 5.41 Å². The first kappa shape index (κ1) is 14.7. The van der Waals surface area contributed by atoms with E-state index in [2.05, 4.69) is 24.9 Å². The van der Waals surface area contributed by atoms with Crippen molar-refractivity contribution >= 4 is 0 Å². The van der Waals surface area contributed by atoms with Crippen LogP contribution in [-0.2, 0) is 9.47 Å². The maximum Gasteiger partial charge on any atom is 0.0700 e. The van der Waals surface area contributed by atoms with Gasteiger partial charge in [-0.2, -0.15) is 0 Å². The molecule has 0 amide bonds. The molecule has 1 saturated carbocycles. The Bertz CT molecular complexity index is 216. The topological polar surface area (TPSA) is 30.5 Å². The van der Waals surface area contributed by atoms with Gasteiger partial charge in [0.15, 0.2) is 0 Å². The lowest BCUT2D eigenvalue weighted by Gasteiger charge is -2.26. The maximum atomic E-state index is 5.47. The van der Waals surface area contributed by atoms with Gasteiger partial charge < -0.3 is 14.8 Å². The standard InChI is InChI=1S/C14H27NO2/c1-4-14(2,12-15-13-6-7-13)8-5-9-17-11-10-16-3/h4,13,15H,1,5-12H2,2-3H3. The van der Waals surface area contributed by atoms with Crippen LogP contribution in [0.25, 0.3) is 0 Å². The molecule has 0 aliphatic heterocycles. The number of ether oxygens (including phenoxy) is 2. The largest absolute Gasteiger partial charge is 0.382 e. The third-order valence-electron chi connectivity index (χ3n) is 3.33. The first-order chi connectivity index (χ1) is 8.20. The van der Waals surface area contributed by atoms with Gasteiger partial charge >= 0.3 is 0 Å². The van der Waals surface area contributed by atoms with Crippen molar-refractivity contribution in [3.8, 4) is 0 Å². The van der Waals surface area contributed by atoms with E-state index >= 15 is 0 Å². The summed E-state index contributed by atoms with van der Waals surface area (Å²) in [6.45, 7) is 9.46. The summed E-state index contributed by atoms with van der Waals surface area (Å²) in [5.41, 5.74) is 0.202. The highest BCUT2D eigenvalue weighted by molar-refractivity contribution is 4.95. The predicted molar refractivity (Wildman–Crippen MR) is 71.3 cm³/mol. The van der Waals surface area contributed by atoms with E-state index in [1.807, 2.05) is 0 Å². The second kappa shape index (κ2) is 7.85. The smallest absolute Gasteiger partial charge is 0.0700 e. The number of hydrogen-bond acceptors (Lipinski definition) is 3. The molecule has 0 bridgehead atoms. The fourth-order valence-electron chi connectivity index (χ4n) is 1.75. The molecule has 1 aliphatic carbocycles. The summed E-state index contributed by atoms with van der Waals surface area (Å²) < 4.78 is 10.4. The average molecular weight is 241 g/mol. The molecule has 1 rings (SSSR count). The van der Waals surface area contributed by atoms with Gasteiger partial charge in [0.2, 0.25) is 0 Å². The molecule has 1 unspecified atom stereocenters. The van der Waals surface area contributed by atoms with Gasteiger partial charge in [0.1, 0.15) is 0 Å². The minimum absolute atomic E-state index is 0.202. The number of nitrogens with one attached hydrogen (secondary N) is 1. The van der Waals surface area contributed by atoms with Gasteiger partial charge in [0.05, 0.1) is 13.2 Å². The van der Waals surface area contributed by atoms with E-state index in [9.17, 15) is 0 Å². The molecule has 0 heterocycles. The van der Waals surface area contributed by atoms with E-state index in [0.29, 0.717) is 13.2 Å². The van der Waals surface area contributed by atoms with Crippen molar-refractivity contribution in [3.63, 3.8) is 0 Å². The van der Waals surface area contributed by atoms with E-state index in [0.717, 1.165) is 32.0 Å². The highest BCUT2D eigenvalue weighted by Gasteiger charge is 2.25. The summed E-state index contributed by atoms with van der Waals surface area (Å²) in [5.74, 6) is 0. The molecule has 1 N–H and O–H groups in total. The molecule has 1 atom stereocenters. The van der Waals surface area contributed by atoms with E-state index in [4.69, 9.17) is 9.47 Å². The molecule has 3 heteroatoms. The SMILES string of the molecule is C=CC(C)(CCCOCCOC)CNC1CC1. The fourth-order valence-corrected chi connectivity index (χ4v) is 1.75. The Kier molecular flexibility index (Phi) is 6.78. The Morgan fingerprint density at radius 1 is 1.35 bits per heavy atom. The van der Waals surface area contributed by atoms with Crippen molar-refractivity contribution in [1.29, 1.82) is 0 Å². The Labute approximate surface area is 106 Å². The van der Waals surface area contributed by atoms with Crippen LogP contribution in [-0.4, -0.2) is 39.5 Å². The summed E-state index contributed by atoms with van der Waals surface area (Å²) in [6.07, 6.45) is 6.97. The van der Waals surface area contributed by atoms with Crippen molar-refractivity contribution < 1.29 is 9.47 Å². The first-order valence-corrected chi connectivity index (χ1v) is 6.64. The van der Waals surface area contributed by atoms with E-state index in [1.54, 1.807) is 7.11 Å². The molecule has 0 aromatic carbocycles. The third kappa shape index (κ3) is 6.81. The molecule has 0 aromatic heterocycles. The zero-order chi connectivity index (χ0) is 12.6. The van der Waals surface area contributed by atoms with Gasteiger partial charge in [-0.15, -0.1) is 6.58 Å². The molecular formula is C14H27NO2. The van der Waals surface area contributed by atoms with E-state index in [1.165, 1.54) is 12.8 Å². The van der Waals surface area contributed by atoms with Gasteiger partial charge in [0.25, 0.3) is 0 Å². The molecule has 0 radical (unpaired) electrons. The predicted octanol–water partition coefficient (Wildman–Crippen LogP) is 2.37. The fraction of sp³-hybridized carbons (Fsp3) is 0.857. The Balaban J connectivity index is 2.05. The van der Waals surface area contributed by atoms with Crippen molar-refractivity contribution in [3.05, 3.63) is 12.7 Å². The van der Waals surface area contributed by atoms with E-state index in [-0.39, 0.29) is 5.41 Å². The molecule has 1 aliphatic rings. The van der Waals surface area contributed by atoms with Gasteiger partial charge in [-0.1, -0.05) is 13.0 Å². The van der Waals surface area contributed by atoms with Crippen LogP contribution in [0.15, 0.2) is 12.7 Å². The second-order valence-corrected chi connectivity index (χ2v) is 5.22. The molecule has 100 valence electrons. The molecule has 1 fully saturated rings. The normalized spacial score (nSPS) is 18.9. The quantitative estimate of drug-likeness (QED) is 0.445. The molecule has 0 spiro atoms. The van der Waals surface area contributed by atoms with Crippen LogP contribution < -0.4 is 5.32 Å². The van der Waals surface area contributed by atoms with Gasteiger partial charge in [0, 0.05) is 26.3 Å². The zero-order valence-electron chi connectivity index (χ0n) is 11.3. The van der Waals surface area contributed by atoms with Crippen LogP contribution in [0.4, 0.5) is 0 Å². The highest BCUT2D eigenvalue weighted by atomic mass is 16.5. The number of hydrogen-bond donors (Lipinski definition) is 1. The number of methoxy groups -OCH3 is 1. The Hall–Kier alpha value is -0.380. The van der Waals surface area contributed by atoms with Crippen molar-refractivity contribution in [2.75, 3.05) is 33.5 Å². The maximum absolute atomic E-state index is 5.47.